The van der Waals surface area contributed by atoms with Gasteiger partial charge >= 0.3 is 0 Å². The van der Waals surface area contributed by atoms with Crippen molar-refractivity contribution >= 4 is 14.4 Å². The Hall–Kier alpha value is -1.28. The summed E-state index contributed by atoms with van der Waals surface area (Å²) in [6.45, 7) is 8.57. The zero-order valence-corrected chi connectivity index (χ0v) is 11.5. The maximum Gasteiger partial charge on any atom is 0.242 e. The van der Waals surface area contributed by atoms with Gasteiger partial charge in [-0.05, 0) is 44.3 Å². The van der Waals surface area contributed by atoms with Gasteiger partial charge in [0.1, 0.15) is 0 Å². The van der Waals surface area contributed by atoms with Crippen LogP contribution in [-0.4, -0.2) is 8.32 Å². The third-order valence-electron chi connectivity index (χ3n) is 1.95. The van der Waals surface area contributed by atoms with Crippen LogP contribution in [0.1, 0.15) is 12.5 Å². The molecule has 0 amide bonds. The van der Waals surface area contributed by atoms with Crippen LogP contribution in [0.3, 0.4) is 0 Å². The van der Waals surface area contributed by atoms with E-state index < -0.39 is 8.32 Å². The van der Waals surface area contributed by atoms with Crippen LogP contribution in [0.2, 0.25) is 19.6 Å². The van der Waals surface area contributed by atoms with Crippen molar-refractivity contribution in [3.8, 4) is 0 Å². The molecule has 0 N–H and O–H groups in total. The molecule has 0 saturated heterocycles. The maximum atomic E-state index is 5.92. The molecule has 0 aliphatic rings. The van der Waals surface area contributed by atoms with Gasteiger partial charge in [0, 0.05) is 0 Å². The minimum absolute atomic E-state index is 0.961. The molecule has 0 bridgehead atoms. The Kier molecular flexibility index (Phi) is 4.56. The first kappa shape index (κ1) is 12.8. The van der Waals surface area contributed by atoms with Gasteiger partial charge in [-0.15, -0.1) is 0 Å². The van der Waals surface area contributed by atoms with Crippen molar-refractivity contribution in [3.63, 3.8) is 0 Å². The van der Waals surface area contributed by atoms with E-state index in [2.05, 4.69) is 37.8 Å². The number of rotatable bonds is 4. The second kappa shape index (κ2) is 5.71. The van der Waals surface area contributed by atoms with Gasteiger partial charge < -0.3 is 4.43 Å². The average Bonchev–Trinajstić information content (AvgIpc) is 2.24. The molecule has 0 aliphatic heterocycles. The van der Waals surface area contributed by atoms with E-state index in [0.29, 0.717) is 0 Å². The van der Waals surface area contributed by atoms with E-state index in [9.17, 15) is 0 Å². The van der Waals surface area contributed by atoms with Crippen molar-refractivity contribution in [2.24, 2.45) is 0 Å². The highest BCUT2D eigenvalue weighted by molar-refractivity contribution is 6.70. The topological polar surface area (TPSA) is 9.23 Å². The van der Waals surface area contributed by atoms with E-state index in [0.717, 1.165) is 5.76 Å². The lowest BCUT2D eigenvalue weighted by Crippen LogP contribution is -2.24. The van der Waals surface area contributed by atoms with Crippen molar-refractivity contribution in [3.05, 3.63) is 53.8 Å². The molecular formula is C14H20OSi. The first-order chi connectivity index (χ1) is 7.51. The lowest BCUT2D eigenvalue weighted by molar-refractivity contribution is 0.441. The Balaban J connectivity index is 2.69. The summed E-state index contributed by atoms with van der Waals surface area (Å²) in [5.74, 6) is 0.961. The molecule has 0 spiro atoms. The van der Waals surface area contributed by atoms with Gasteiger partial charge in [0.2, 0.25) is 8.32 Å². The molecule has 0 aliphatic carbocycles. The van der Waals surface area contributed by atoms with Crippen LogP contribution in [0.4, 0.5) is 0 Å². The molecule has 1 aromatic rings. The van der Waals surface area contributed by atoms with E-state index in [4.69, 9.17) is 4.43 Å². The van der Waals surface area contributed by atoms with Crippen molar-refractivity contribution < 1.29 is 4.43 Å². The molecule has 0 atom stereocenters. The van der Waals surface area contributed by atoms with Gasteiger partial charge in [-0.2, -0.15) is 0 Å². The van der Waals surface area contributed by atoms with Crippen LogP contribution in [0, 0.1) is 0 Å². The molecule has 86 valence electrons. The Labute approximate surface area is 99.6 Å². The predicted octanol–water partition coefficient (Wildman–Crippen LogP) is 4.46. The molecule has 0 fully saturated rings. The SMILES string of the molecule is C/C=C(\C=C\c1ccccc1)O[Si](C)(C)C. The number of hydrogen-bond donors (Lipinski definition) is 0. The van der Waals surface area contributed by atoms with Gasteiger partial charge in [0.05, 0.1) is 5.76 Å². The molecule has 1 aromatic carbocycles. The van der Waals surface area contributed by atoms with Gasteiger partial charge in [0.25, 0.3) is 0 Å². The van der Waals surface area contributed by atoms with E-state index in [1.807, 2.05) is 37.3 Å². The molecule has 16 heavy (non-hydrogen) atoms. The lowest BCUT2D eigenvalue weighted by atomic mass is 10.2. The van der Waals surface area contributed by atoms with E-state index >= 15 is 0 Å². The van der Waals surface area contributed by atoms with Gasteiger partial charge in [-0.1, -0.05) is 36.4 Å². The molecule has 0 heterocycles. The third-order valence-corrected chi connectivity index (χ3v) is 2.80. The second-order valence-electron chi connectivity index (χ2n) is 4.65. The quantitative estimate of drug-likeness (QED) is 0.423. The number of hydrogen-bond acceptors (Lipinski definition) is 1. The fraction of sp³-hybridized carbons (Fsp3) is 0.286. The molecule has 1 rings (SSSR count). The zero-order chi connectivity index (χ0) is 12.0. The van der Waals surface area contributed by atoms with Crippen LogP contribution < -0.4 is 0 Å². The minimum Gasteiger partial charge on any atom is -0.545 e. The molecule has 0 unspecified atom stereocenters. The van der Waals surface area contributed by atoms with Gasteiger partial charge in [-0.3, -0.25) is 0 Å². The fourth-order valence-electron chi connectivity index (χ4n) is 1.29. The summed E-state index contributed by atoms with van der Waals surface area (Å²) >= 11 is 0. The lowest BCUT2D eigenvalue weighted by Gasteiger charge is -2.19. The summed E-state index contributed by atoms with van der Waals surface area (Å²) in [5, 5.41) is 0. The highest BCUT2D eigenvalue weighted by Gasteiger charge is 2.15. The normalized spacial score (nSPS) is 13.1. The maximum absolute atomic E-state index is 5.92. The standard InChI is InChI=1S/C14H20OSi/c1-5-14(15-16(2,3)4)12-11-13-9-7-6-8-10-13/h5-12H,1-4H3/b12-11+,14-5+. The summed E-state index contributed by atoms with van der Waals surface area (Å²) in [6, 6.07) is 10.3. The summed E-state index contributed by atoms with van der Waals surface area (Å²) in [6.07, 6.45) is 6.13. The predicted molar refractivity (Wildman–Crippen MR) is 73.7 cm³/mol. The average molecular weight is 232 g/mol. The highest BCUT2D eigenvalue weighted by atomic mass is 28.4. The monoisotopic (exact) mass is 232 g/mol. The second-order valence-corrected chi connectivity index (χ2v) is 9.08. The summed E-state index contributed by atoms with van der Waals surface area (Å²) in [7, 11) is -1.50. The Bertz CT molecular complexity index is 371. The van der Waals surface area contributed by atoms with Crippen molar-refractivity contribution in [2.45, 2.75) is 26.6 Å². The third kappa shape index (κ3) is 4.98. The van der Waals surface area contributed by atoms with E-state index in [1.165, 1.54) is 5.56 Å². The first-order valence-corrected chi connectivity index (χ1v) is 9.00. The molecule has 0 radical (unpaired) electrons. The Morgan fingerprint density at radius 2 is 1.75 bits per heavy atom. The molecule has 0 aromatic heterocycles. The van der Waals surface area contributed by atoms with Crippen molar-refractivity contribution in [1.29, 1.82) is 0 Å². The molecule has 0 saturated carbocycles. The fourth-order valence-corrected chi connectivity index (χ4v) is 2.18. The van der Waals surface area contributed by atoms with Gasteiger partial charge in [0.15, 0.2) is 0 Å². The van der Waals surface area contributed by atoms with Gasteiger partial charge in [-0.25, -0.2) is 0 Å². The Morgan fingerprint density at radius 1 is 1.12 bits per heavy atom. The zero-order valence-electron chi connectivity index (χ0n) is 10.5. The van der Waals surface area contributed by atoms with E-state index in [-0.39, 0.29) is 0 Å². The number of allylic oxidation sites excluding steroid dienone is 2. The van der Waals surface area contributed by atoms with E-state index in [1.54, 1.807) is 0 Å². The Morgan fingerprint density at radius 3 is 2.25 bits per heavy atom. The van der Waals surface area contributed by atoms with Crippen molar-refractivity contribution in [1.82, 2.24) is 0 Å². The van der Waals surface area contributed by atoms with Crippen LogP contribution in [0.5, 0.6) is 0 Å². The minimum atomic E-state index is -1.50. The smallest absolute Gasteiger partial charge is 0.242 e. The van der Waals surface area contributed by atoms with Crippen LogP contribution in [-0.2, 0) is 4.43 Å². The summed E-state index contributed by atoms with van der Waals surface area (Å²) < 4.78 is 5.92. The van der Waals surface area contributed by atoms with Crippen LogP contribution in [0.15, 0.2) is 48.2 Å². The first-order valence-electron chi connectivity index (χ1n) is 5.60. The van der Waals surface area contributed by atoms with Crippen molar-refractivity contribution in [2.75, 3.05) is 0 Å². The summed E-state index contributed by atoms with van der Waals surface area (Å²) in [4.78, 5) is 0. The molecular weight excluding hydrogens is 212 g/mol. The van der Waals surface area contributed by atoms with Crippen LogP contribution in [0.25, 0.3) is 6.08 Å². The molecule has 2 heteroatoms. The molecule has 1 nitrogen and oxygen atoms in total. The number of benzene rings is 1. The summed E-state index contributed by atoms with van der Waals surface area (Å²) in [5.41, 5.74) is 1.20. The largest absolute Gasteiger partial charge is 0.545 e. The van der Waals surface area contributed by atoms with Crippen LogP contribution >= 0.6 is 0 Å². The highest BCUT2D eigenvalue weighted by Crippen LogP contribution is 2.13.